The highest BCUT2D eigenvalue weighted by molar-refractivity contribution is 5.93. The first-order chi connectivity index (χ1) is 9.29. The lowest BCUT2D eigenvalue weighted by molar-refractivity contribution is 0.0950. The molecule has 0 fully saturated rings. The fraction of sp³-hybridized carbons (Fsp3) is 0.200. The van der Waals surface area contributed by atoms with Gasteiger partial charge in [0.2, 0.25) is 0 Å². The number of pyridine rings is 1. The van der Waals surface area contributed by atoms with E-state index in [4.69, 9.17) is 4.74 Å². The molecule has 98 valence electrons. The van der Waals surface area contributed by atoms with E-state index < -0.39 is 0 Å². The summed E-state index contributed by atoms with van der Waals surface area (Å²) in [5.41, 5.74) is 2.71. The summed E-state index contributed by atoms with van der Waals surface area (Å²) < 4.78 is 5.08. The minimum Gasteiger partial charge on any atom is -0.380 e. The Morgan fingerprint density at radius 3 is 2.84 bits per heavy atom. The number of carbonyl (C=O) groups is 1. The average Bonchev–Trinajstić information content (AvgIpc) is 2.46. The standard InChI is InChI=1S/C15H16N2O2/c1-19-11-13-5-2-4-12(8-13)9-17-15(18)14-6-3-7-16-10-14/h2-8,10H,9,11H2,1H3,(H,17,18). The van der Waals surface area contributed by atoms with Gasteiger partial charge in [0.05, 0.1) is 12.2 Å². The van der Waals surface area contributed by atoms with E-state index in [2.05, 4.69) is 10.3 Å². The SMILES string of the molecule is COCc1cccc(CNC(=O)c2cccnc2)c1. The number of nitrogens with one attached hydrogen (secondary N) is 1. The first kappa shape index (κ1) is 13.2. The lowest BCUT2D eigenvalue weighted by Gasteiger charge is -2.07. The van der Waals surface area contributed by atoms with Gasteiger partial charge in [-0.1, -0.05) is 24.3 Å². The third-order valence-electron chi connectivity index (χ3n) is 2.68. The van der Waals surface area contributed by atoms with Gasteiger partial charge in [-0.05, 0) is 23.3 Å². The van der Waals surface area contributed by atoms with Crippen molar-refractivity contribution in [2.75, 3.05) is 7.11 Å². The van der Waals surface area contributed by atoms with E-state index in [1.807, 2.05) is 24.3 Å². The zero-order chi connectivity index (χ0) is 13.5. The first-order valence-electron chi connectivity index (χ1n) is 6.04. The summed E-state index contributed by atoms with van der Waals surface area (Å²) in [6, 6.07) is 11.4. The summed E-state index contributed by atoms with van der Waals surface area (Å²) in [6.45, 7) is 1.07. The number of hydrogen-bond acceptors (Lipinski definition) is 3. The van der Waals surface area contributed by atoms with Crippen molar-refractivity contribution in [1.29, 1.82) is 0 Å². The van der Waals surface area contributed by atoms with Crippen LogP contribution in [0.1, 0.15) is 21.5 Å². The maximum Gasteiger partial charge on any atom is 0.253 e. The topological polar surface area (TPSA) is 51.2 Å². The second-order valence-corrected chi connectivity index (χ2v) is 4.18. The molecule has 19 heavy (non-hydrogen) atoms. The average molecular weight is 256 g/mol. The lowest BCUT2D eigenvalue weighted by atomic mass is 10.1. The van der Waals surface area contributed by atoms with E-state index in [9.17, 15) is 4.79 Å². The molecule has 0 spiro atoms. The Morgan fingerprint density at radius 1 is 1.26 bits per heavy atom. The zero-order valence-corrected chi connectivity index (χ0v) is 10.8. The molecular weight excluding hydrogens is 240 g/mol. The summed E-state index contributed by atoms with van der Waals surface area (Å²) >= 11 is 0. The molecule has 1 aromatic heterocycles. The Labute approximate surface area is 112 Å². The van der Waals surface area contributed by atoms with Crippen LogP contribution >= 0.6 is 0 Å². The van der Waals surface area contributed by atoms with Crippen molar-refractivity contribution in [3.8, 4) is 0 Å². The fourth-order valence-corrected chi connectivity index (χ4v) is 1.78. The number of nitrogens with zero attached hydrogens (tertiary/aromatic N) is 1. The number of hydrogen-bond donors (Lipinski definition) is 1. The van der Waals surface area contributed by atoms with Crippen LogP contribution in [-0.4, -0.2) is 18.0 Å². The largest absolute Gasteiger partial charge is 0.380 e. The Bertz CT molecular complexity index is 541. The molecule has 0 unspecified atom stereocenters. The molecule has 1 heterocycles. The van der Waals surface area contributed by atoms with Gasteiger partial charge >= 0.3 is 0 Å². The number of rotatable bonds is 5. The van der Waals surface area contributed by atoms with Gasteiger partial charge in [0.15, 0.2) is 0 Å². The van der Waals surface area contributed by atoms with E-state index >= 15 is 0 Å². The summed E-state index contributed by atoms with van der Waals surface area (Å²) in [5.74, 6) is -0.120. The monoisotopic (exact) mass is 256 g/mol. The summed E-state index contributed by atoms with van der Waals surface area (Å²) in [6.07, 6.45) is 3.20. The normalized spacial score (nSPS) is 10.2. The van der Waals surface area contributed by atoms with Crippen LogP contribution in [0.3, 0.4) is 0 Å². The Kier molecular flexibility index (Phi) is 4.64. The van der Waals surface area contributed by atoms with Gasteiger partial charge in [0.1, 0.15) is 0 Å². The van der Waals surface area contributed by atoms with Crippen LogP contribution in [0.4, 0.5) is 0 Å². The zero-order valence-electron chi connectivity index (χ0n) is 10.8. The van der Waals surface area contributed by atoms with Crippen LogP contribution in [0, 0.1) is 0 Å². The van der Waals surface area contributed by atoms with Crippen LogP contribution in [0.2, 0.25) is 0 Å². The fourth-order valence-electron chi connectivity index (χ4n) is 1.78. The van der Waals surface area contributed by atoms with Crippen LogP contribution in [-0.2, 0) is 17.9 Å². The van der Waals surface area contributed by atoms with Gasteiger partial charge in [-0.25, -0.2) is 0 Å². The summed E-state index contributed by atoms with van der Waals surface area (Å²) in [4.78, 5) is 15.8. The number of aromatic nitrogens is 1. The van der Waals surface area contributed by atoms with Gasteiger partial charge in [0, 0.05) is 26.0 Å². The van der Waals surface area contributed by atoms with E-state index in [-0.39, 0.29) is 5.91 Å². The van der Waals surface area contributed by atoms with Crippen LogP contribution in [0.25, 0.3) is 0 Å². The third-order valence-corrected chi connectivity index (χ3v) is 2.68. The molecule has 0 saturated carbocycles. The van der Waals surface area contributed by atoms with Crippen molar-refractivity contribution in [3.63, 3.8) is 0 Å². The molecule has 2 aromatic rings. The molecule has 0 saturated heterocycles. The highest BCUT2D eigenvalue weighted by Gasteiger charge is 2.04. The number of amides is 1. The molecule has 0 atom stereocenters. The molecule has 4 nitrogen and oxygen atoms in total. The van der Waals surface area contributed by atoms with Crippen molar-refractivity contribution in [2.24, 2.45) is 0 Å². The van der Waals surface area contributed by atoms with Crippen LogP contribution in [0.5, 0.6) is 0 Å². The minimum atomic E-state index is -0.120. The van der Waals surface area contributed by atoms with Crippen molar-refractivity contribution in [3.05, 3.63) is 65.5 Å². The minimum absolute atomic E-state index is 0.120. The smallest absolute Gasteiger partial charge is 0.253 e. The predicted octanol–water partition coefficient (Wildman–Crippen LogP) is 2.16. The summed E-state index contributed by atoms with van der Waals surface area (Å²) in [5, 5.41) is 2.86. The van der Waals surface area contributed by atoms with Crippen LogP contribution < -0.4 is 5.32 Å². The molecular formula is C15H16N2O2. The second-order valence-electron chi connectivity index (χ2n) is 4.18. The first-order valence-corrected chi connectivity index (χ1v) is 6.04. The molecule has 1 amide bonds. The van der Waals surface area contributed by atoms with Gasteiger partial charge in [-0.2, -0.15) is 0 Å². The molecule has 0 aliphatic carbocycles. The number of ether oxygens (including phenoxy) is 1. The maximum absolute atomic E-state index is 11.9. The van der Waals surface area contributed by atoms with E-state index in [0.717, 1.165) is 11.1 Å². The molecule has 0 aliphatic heterocycles. The highest BCUT2D eigenvalue weighted by atomic mass is 16.5. The maximum atomic E-state index is 11.9. The van der Waals surface area contributed by atoms with Crippen molar-refractivity contribution < 1.29 is 9.53 Å². The van der Waals surface area contributed by atoms with Crippen LogP contribution in [0.15, 0.2) is 48.8 Å². The van der Waals surface area contributed by atoms with Gasteiger partial charge in [-0.15, -0.1) is 0 Å². The molecule has 0 radical (unpaired) electrons. The Hall–Kier alpha value is -2.20. The van der Waals surface area contributed by atoms with Crippen molar-refractivity contribution in [1.82, 2.24) is 10.3 Å². The Balaban J connectivity index is 1.95. The molecule has 0 bridgehead atoms. The van der Waals surface area contributed by atoms with Crippen molar-refractivity contribution in [2.45, 2.75) is 13.2 Å². The van der Waals surface area contributed by atoms with E-state index in [0.29, 0.717) is 18.7 Å². The number of methoxy groups -OCH3 is 1. The Morgan fingerprint density at radius 2 is 2.11 bits per heavy atom. The number of carbonyl (C=O) groups excluding carboxylic acids is 1. The second kappa shape index (κ2) is 6.66. The third kappa shape index (κ3) is 3.89. The van der Waals surface area contributed by atoms with Gasteiger partial charge in [-0.3, -0.25) is 9.78 Å². The molecule has 1 N–H and O–H groups in total. The van der Waals surface area contributed by atoms with E-state index in [1.54, 1.807) is 31.6 Å². The number of benzene rings is 1. The molecule has 2 rings (SSSR count). The predicted molar refractivity (Wildman–Crippen MR) is 72.6 cm³/mol. The molecule has 0 aliphatic rings. The highest BCUT2D eigenvalue weighted by Crippen LogP contribution is 2.06. The lowest BCUT2D eigenvalue weighted by Crippen LogP contribution is -2.22. The molecule has 1 aromatic carbocycles. The van der Waals surface area contributed by atoms with Crippen molar-refractivity contribution >= 4 is 5.91 Å². The van der Waals surface area contributed by atoms with Gasteiger partial charge < -0.3 is 10.1 Å². The quantitative estimate of drug-likeness (QED) is 0.891. The summed E-state index contributed by atoms with van der Waals surface area (Å²) in [7, 11) is 1.66. The van der Waals surface area contributed by atoms with E-state index in [1.165, 1.54) is 0 Å². The van der Waals surface area contributed by atoms with Gasteiger partial charge in [0.25, 0.3) is 5.91 Å². The molecule has 4 heteroatoms.